The lowest BCUT2D eigenvalue weighted by Gasteiger charge is -2.38. The maximum absolute atomic E-state index is 12.5. The van der Waals surface area contributed by atoms with Gasteiger partial charge in [0.15, 0.2) is 0 Å². The normalized spacial score (nSPS) is 17.1. The zero-order chi connectivity index (χ0) is 23.2. The third-order valence-electron chi connectivity index (χ3n) is 6.68. The predicted molar refractivity (Wildman–Crippen MR) is 138 cm³/mol. The summed E-state index contributed by atoms with van der Waals surface area (Å²) in [6.07, 6.45) is 7.04. The van der Waals surface area contributed by atoms with Gasteiger partial charge in [-0.25, -0.2) is 0 Å². The Hall–Kier alpha value is -2.06. The highest BCUT2D eigenvalue weighted by Gasteiger charge is 2.26. The molecular weight excluding hydrogens is 448 g/mol. The summed E-state index contributed by atoms with van der Waals surface area (Å²) in [4.78, 5) is 20.5. The Bertz CT molecular complexity index is 991. The minimum atomic E-state index is 0.0660. The van der Waals surface area contributed by atoms with Gasteiger partial charge in [0, 0.05) is 35.9 Å². The first-order valence-corrected chi connectivity index (χ1v) is 13.6. The quantitative estimate of drug-likeness (QED) is 0.442. The number of pyridine rings is 1. The minimum absolute atomic E-state index is 0.0660. The number of hydrogen-bond donors (Lipinski definition) is 2. The van der Waals surface area contributed by atoms with E-state index in [1.54, 1.807) is 22.7 Å². The molecule has 1 aliphatic heterocycles. The topological polar surface area (TPSA) is 57.3 Å². The molecule has 0 aliphatic carbocycles. The largest absolute Gasteiger partial charge is 0.352 e. The molecular formula is C26H34N4OS2. The van der Waals surface area contributed by atoms with E-state index in [1.165, 1.54) is 11.1 Å². The van der Waals surface area contributed by atoms with Crippen LogP contribution in [-0.4, -0.2) is 47.5 Å². The van der Waals surface area contributed by atoms with Crippen molar-refractivity contribution in [1.29, 1.82) is 0 Å². The van der Waals surface area contributed by atoms with E-state index in [1.807, 2.05) is 32.3 Å². The van der Waals surface area contributed by atoms with Crippen molar-refractivity contribution in [2.75, 3.05) is 19.6 Å². The van der Waals surface area contributed by atoms with Crippen LogP contribution in [0.1, 0.15) is 64.2 Å². The van der Waals surface area contributed by atoms with Crippen LogP contribution < -0.4 is 10.6 Å². The number of amides is 1. The zero-order valence-electron chi connectivity index (χ0n) is 19.7. The number of likely N-dealkylation sites (tertiary alicyclic amines) is 1. The highest BCUT2D eigenvalue weighted by atomic mass is 32.1. The number of hydrogen-bond acceptors (Lipinski definition) is 6. The van der Waals surface area contributed by atoms with Gasteiger partial charge in [0.05, 0.1) is 11.6 Å². The SMILES string of the molecule is Cc1csc(C)c1C(=O)NCCC(C)N1CCC(NC(c2cccnc2)c2ccsc2)CC1. The van der Waals surface area contributed by atoms with Crippen LogP contribution in [-0.2, 0) is 0 Å². The van der Waals surface area contributed by atoms with Crippen molar-refractivity contribution in [3.8, 4) is 0 Å². The number of thiophene rings is 2. The van der Waals surface area contributed by atoms with Gasteiger partial charge in [-0.3, -0.25) is 9.78 Å². The number of carbonyl (C=O) groups is 1. The fourth-order valence-electron chi connectivity index (χ4n) is 4.69. The van der Waals surface area contributed by atoms with E-state index in [2.05, 4.69) is 55.7 Å². The molecule has 0 saturated carbocycles. The summed E-state index contributed by atoms with van der Waals surface area (Å²) < 4.78 is 0. The second-order valence-electron chi connectivity index (χ2n) is 9.00. The lowest BCUT2D eigenvalue weighted by Crippen LogP contribution is -2.47. The first kappa shape index (κ1) is 24.1. The Labute approximate surface area is 205 Å². The molecule has 0 spiro atoms. The summed E-state index contributed by atoms with van der Waals surface area (Å²) in [5.41, 5.74) is 4.46. The van der Waals surface area contributed by atoms with E-state index < -0.39 is 0 Å². The highest BCUT2D eigenvalue weighted by Crippen LogP contribution is 2.26. The van der Waals surface area contributed by atoms with Gasteiger partial charge >= 0.3 is 0 Å². The number of rotatable bonds is 9. The van der Waals surface area contributed by atoms with Crippen molar-refractivity contribution in [3.63, 3.8) is 0 Å². The Morgan fingerprint density at radius 1 is 1.21 bits per heavy atom. The molecule has 4 heterocycles. The molecule has 7 heteroatoms. The fourth-order valence-corrected chi connectivity index (χ4v) is 6.22. The molecule has 4 rings (SSSR count). The summed E-state index contributed by atoms with van der Waals surface area (Å²) in [7, 11) is 0. The molecule has 1 amide bonds. The molecule has 2 N–H and O–H groups in total. The van der Waals surface area contributed by atoms with Gasteiger partial charge in [-0.15, -0.1) is 11.3 Å². The Kier molecular flexibility index (Phi) is 8.30. The van der Waals surface area contributed by atoms with Gasteiger partial charge in [0.2, 0.25) is 0 Å². The molecule has 176 valence electrons. The van der Waals surface area contributed by atoms with Crippen LogP contribution in [0.15, 0.2) is 46.7 Å². The molecule has 5 nitrogen and oxygen atoms in total. The van der Waals surface area contributed by atoms with Crippen molar-refractivity contribution >= 4 is 28.6 Å². The standard InChI is InChI=1S/C26H34N4OS2/c1-18-16-33-20(3)24(18)26(31)28-11-6-19(2)30-12-7-23(8-13-30)29-25(22-9-14-32-17-22)21-5-4-10-27-15-21/h4-5,9-10,14-17,19,23,25,29H,6-8,11-13H2,1-3H3,(H,28,31). The van der Waals surface area contributed by atoms with Crippen LogP contribution in [0.4, 0.5) is 0 Å². The van der Waals surface area contributed by atoms with E-state index in [-0.39, 0.29) is 11.9 Å². The first-order valence-electron chi connectivity index (χ1n) is 11.8. The second kappa shape index (κ2) is 11.4. The Morgan fingerprint density at radius 2 is 2.03 bits per heavy atom. The number of nitrogens with zero attached hydrogens (tertiary/aromatic N) is 2. The van der Waals surface area contributed by atoms with Crippen molar-refractivity contribution in [1.82, 2.24) is 20.5 Å². The van der Waals surface area contributed by atoms with Gasteiger partial charge in [-0.05, 0) is 98.1 Å². The van der Waals surface area contributed by atoms with Gasteiger partial charge in [-0.2, -0.15) is 11.3 Å². The second-order valence-corrected chi connectivity index (χ2v) is 10.9. The molecule has 0 bridgehead atoms. The third kappa shape index (κ3) is 6.09. The first-order chi connectivity index (χ1) is 16.0. The smallest absolute Gasteiger partial charge is 0.252 e. The van der Waals surface area contributed by atoms with Crippen LogP contribution in [0, 0.1) is 13.8 Å². The maximum atomic E-state index is 12.5. The van der Waals surface area contributed by atoms with Gasteiger partial charge in [-0.1, -0.05) is 6.07 Å². The number of aryl methyl sites for hydroxylation is 2. The van der Waals surface area contributed by atoms with E-state index in [0.29, 0.717) is 18.6 Å². The van der Waals surface area contributed by atoms with Gasteiger partial charge < -0.3 is 15.5 Å². The molecule has 0 radical (unpaired) electrons. The van der Waals surface area contributed by atoms with Crippen LogP contribution in [0.3, 0.4) is 0 Å². The molecule has 3 aromatic heterocycles. The molecule has 1 aliphatic rings. The monoisotopic (exact) mass is 482 g/mol. The summed E-state index contributed by atoms with van der Waals surface area (Å²) in [6, 6.07) is 7.52. The predicted octanol–water partition coefficient (Wildman–Crippen LogP) is 5.17. The van der Waals surface area contributed by atoms with Gasteiger partial charge in [0.25, 0.3) is 5.91 Å². The highest BCUT2D eigenvalue weighted by molar-refractivity contribution is 7.10. The maximum Gasteiger partial charge on any atom is 0.252 e. The average molecular weight is 483 g/mol. The molecule has 3 aromatic rings. The molecule has 2 unspecified atom stereocenters. The van der Waals surface area contributed by atoms with Crippen LogP contribution in [0.5, 0.6) is 0 Å². The summed E-state index contributed by atoms with van der Waals surface area (Å²) in [5.74, 6) is 0.0660. The molecule has 1 saturated heterocycles. The average Bonchev–Trinajstić information content (AvgIpc) is 3.48. The number of carbonyl (C=O) groups excluding carboxylic acids is 1. The van der Waals surface area contributed by atoms with E-state index >= 15 is 0 Å². The summed E-state index contributed by atoms with van der Waals surface area (Å²) >= 11 is 3.39. The van der Waals surface area contributed by atoms with Crippen molar-refractivity contribution in [3.05, 3.63) is 73.9 Å². The molecule has 1 fully saturated rings. The number of aromatic nitrogens is 1. The van der Waals surface area contributed by atoms with E-state index in [0.717, 1.165) is 48.4 Å². The minimum Gasteiger partial charge on any atom is -0.352 e. The lowest BCUT2D eigenvalue weighted by molar-refractivity contribution is 0.0943. The van der Waals surface area contributed by atoms with Crippen LogP contribution >= 0.6 is 22.7 Å². The van der Waals surface area contributed by atoms with Crippen LogP contribution in [0.2, 0.25) is 0 Å². The molecule has 33 heavy (non-hydrogen) atoms. The van der Waals surface area contributed by atoms with E-state index in [4.69, 9.17) is 0 Å². The Morgan fingerprint density at radius 3 is 2.67 bits per heavy atom. The zero-order valence-corrected chi connectivity index (χ0v) is 21.3. The van der Waals surface area contributed by atoms with E-state index in [9.17, 15) is 4.79 Å². The Balaban J connectivity index is 1.24. The molecule has 0 aromatic carbocycles. The van der Waals surface area contributed by atoms with Crippen molar-refractivity contribution in [2.45, 2.75) is 58.2 Å². The van der Waals surface area contributed by atoms with Gasteiger partial charge in [0.1, 0.15) is 0 Å². The van der Waals surface area contributed by atoms with Crippen molar-refractivity contribution in [2.24, 2.45) is 0 Å². The fraction of sp³-hybridized carbons (Fsp3) is 0.462. The molecule has 2 atom stereocenters. The number of piperidine rings is 1. The van der Waals surface area contributed by atoms with Crippen molar-refractivity contribution < 1.29 is 4.79 Å². The summed E-state index contributed by atoms with van der Waals surface area (Å²) in [5, 5.41) is 13.5. The lowest BCUT2D eigenvalue weighted by atomic mass is 9.97. The summed E-state index contributed by atoms with van der Waals surface area (Å²) in [6.45, 7) is 9.19. The van der Waals surface area contributed by atoms with Crippen LogP contribution in [0.25, 0.3) is 0 Å². The third-order valence-corrected chi connectivity index (χ3v) is 8.41. The number of nitrogens with one attached hydrogen (secondary N) is 2.